The smallest absolute Gasteiger partial charge is 0.150 e. The molecule has 1 aliphatic carbocycles. The third kappa shape index (κ3) is 5.18. The van der Waals surface area contributed by atoms with Crippen LogP contribution in [0.5, 0.6) is 0 Å². The van der Waals surface area contributed by atoms with Gasteiger partial charge in [-0.15, -0.1) is 0 Å². The van der Waals surface area contributed by atoms with Crippen molar-refractivity contribution in [3.63, 3.8) is 0 Å². The highest BCUT2D eigenvalue weighted by Crippen LogP contribution is 2.32. The van der Waals surface area contributed by atoms with Gasteiger partial charge in [0.1, 0.15) is 9.84 Å². The Labute approximate surface area is 109 Å². The van der Waals surface area contributed by atoms with Crippen molar-refractivity contribution in [2.45, 2.75) is 49.9 Å². The van der Waals surface area contributed by atoms with E-state index in [9.17, 15) is 13.5 Å². The van der Waals surface area contributed by atoms with Crippen LogP contribution >= 0.6 is 11.8 Å². The van der Waals surface area contributed by atoms with Crippen LogP contribution in [0.4, 0.5) is 0 Å². The average molecular weight is 280 g/mol. The number of thioether (sulfide) groups is 1. The summed E-state index contributed by atoms with van der Waals surface area (Å²) in [6.07, 6.45) is 8.23. The lowest BCUT2D eigenvalue weighted by molar-refractivity contribution is 0.0777. The molecule has 0 bridgehead atoms. The molecule has 3 unspecified atom stereocenters. The largest absolute Gasteiger partial charge is 0.393 e. The Kier molecular flexibility index (Phi) is 6.31. The first kappa shape index (κ1) is 15.3. The van der Waals surface area contributed by atoms with E-state index in [0.717, 1.165) is 37.9 Å². The predicted octanol–water partition coefficient (Wildman–Crippen LogP) is 2.09. The molecular weight excluding hydrogens is 256 g/mol. The zero-order valence-electron chi connectivity index (χ0n) is 10.8. The summed E-state index contributed by atoms with van der Waals surface area (Å²) in [6.45, 7) is 0. The first-order valence-electron chi connectivity index (χ1n) is 6.31. The minimum absolute atomic E-state index is 0.185. The monoisotopic (exact) mass is 280 g/mol. The lowest BCUT2D eigenvalue weighted by Crippen LogP contribution is -2.33. The van der Waals surface area contributed by atoms with Crippen LogP contribution in [-0.2, 0) is 9.84 Å². The number of rotatable bonds is 6. The second-order valence-electron chi connectivity index (χ2n) is 5.08. The molecule has 102 valence electrons. The average Bonchev–Trinajstić information content (AvgIpc) is 2.28. The quantitative estimate of drug-likeness (QED) is 0.757. The predicted molar refractivity (Wildman–Crippen MR) is 74.2 cm³/mol. The molecule has 0 aromatic rings. The van der Waals surface area contributed by atoms with Gasteiger partial charge in [0.25, 0.3) is 0 Å². The maximum Gasteiger partial charge on any atom is 0.150 e. The van der Waals surface area contributed by atoms with E-state index in [4.69, 9.17) is 0 Å². The number of sulfone groups is 1. The maximum absolute atomic E-state index is 11.5. The molecule has 0 radical (unpaired) electrons. The SMILES string of the molecule is CSCCCC(O)C1CCCC(S(C)(=O)=O)C1. The second-order valence-corrected chi connectivity index (χ2v) is 8.39. The lowest BCUT2D eigenvalue weighted by atomic mass is 9.83. The van der Waals surface area contributed by atoms with E-state index in [1.54, 1.807) is 11.8 Å². The van der Waals surface area contributed by atoms with Crippen LogP contribution in [0, 0.1) is 5.92 Å². The third-order valence-corrected chi connectivity index (χ3v) is 6.00. The van der Waals surface area contributed by atoms with E-state index in [-0.39, 0.29) is 17.3 Å². The Morgan fingerprint density at radius 2 is 2.12 bits per heavy atom. The molecule has 17 heavy (non-hydrogen) atoms. The van der Waals surface area contributed by atoms with Crippen molar-refractivity contribution in [2.24, 2.45) is 5.92 Å². The van der Waals surface area contributed by atoms with Crippen molar-refractivity contribution in [3.8, 4) is 0 Å². The van der Waals surface area contributed by atoms with E-state index in [1.165, 1.54) is 6.26 Å². The summed E-state index contributed by atoms with van der Waals surface area (Å²) in [5.74, 6) is 1.25. The van der Waals surface area contributed by atoms with E-state index >= 15 is 0 Å². The van der Waals surface area contributed by atoms with Gasteiger partial charge in [-0.2, -0.15) is 11.8 Å². The van der Waals surface area contributed by atoms with Crippen LogP contribution in [-0.4, -0.2) is 43.1 Å². The number of hydrogen-bond acceptors (Lipinski definition) is 4. The number of hydrogen-bond donors (Lipinski definition) is 1. The molecule has 0 saturated heterocycles. The molecule has 5 heteroatoms. The highest BCUT2D eigenvalue weighted by atomic mass is 32.2. The highest BCUT2D eigenvalue weighted by Gasteiger charge is 2.31. The van der Waals surface area contributed by atoms with E-state index in [2.05, 4.69) is 6.26 Å². The molecule has 3 nitrogen and oxygen atoms in total. The lowest BCUT2D eigenvalue weighted by Gasteiger charge is -2.31. The first-order chi connectivity index (χ1) is 7.95. The Morgan fingerprint density at radius 1 is 1.41 bits per heavy atom. The molecule has 1 saturated carbocycles. The first-order valence-corrected chi connectivity index (χ1v) is 9.66. The normalized spacial score (nSPS) is 27.9. The van der Waals surface area contributed by atoms with Gasteiger partial charge in [0, 0.05) is 6.26 Å². The van der Waals surface area contributed by atoms with Gasteiger partial charge in [-0.05, 0) is 50.0 Å². The van der Waals surface area contributed by atoms with Gasteiger partial charge in [0.05, 0.1) is 11.4 Å². The van der Waals surface area contributed by atoms with Crippen molar-refractivity contribution in [1.82, 2.24) is 0 Å². The summed E-state index contributed by atoms with van der Waals surface area (Å²) >= 11 is 1.79. The third-order valence-electron chi connectivity index (χ3n) is 3.66. The van der Waals surface area contributed by atoms with Crippen LogP contribution in [0.15, 0.2) is 0 Å². The van der Waals surface area contributed by atoms with Crippen LogP contribution in [0.3, 0.4) is 0 Å². The zero-order chi connectivity index (χ0) is 12.9. The summed E-state index contributed by atoms with van der Waals surface area (Å²) in [4.78, 5) is 0. The fourth-order valence-electron chi connectivity index (χ4n) is 2.59. The van der Waals surface area contributed by atoms with Gasteiger partial charge in [-0.3, -0.25) is 0 Å². The molecule has 0 aromatic heterocycles. The summed E-state index contributed by atoms with van der Waals surface area (Å²) in [5, 5.41) is 9.85. The standard InChI is InChI=1S/C12H24O3S2/c1-16-8-4-7-12(13)10-5-3-6-11(9-10)17(2,14)15/h10-13H,3-9H2,1-2H3. The Hall–Kier alpha value is 0.260. The van der Waals surface area contributed by atoms with Crippen molar-refractivity contribution in [3.05, 3.63) is 0 Å². The molecule has 0 amide bonds. The molecular formula is C12H24O3S2. The summed E-state index contributed by atoms with van der Waals surface area (Å²) in [6, 6.07) is 0. The van der Waals surface area contributed by atoms with Crippen molar-refractivity contribution in [2.75, 3.05) is 18.3 Å². The highest BCUT2D eigenvalue weighted by molar-refractivity contribution is 7.98. The Morgan fingerprint density at radius 3 is 2.71 bits per heavy atom. The summed E-state index contributed by atoms with van der Waals surface area (Å²) in [5.41, 5.74) is 0. The Bertz CT molecular complexity index is 314. The van der Waals surface area contributed by atoms with E-state index in [0.29, 0.717) is 6.42 Å². The molecule has 0 heterocycles. The minimum Gasteiger partial charge on any atom is -0.393 e. The minimum atomic E-state index is -2.93. The molecule has 1 fully saturated rings. The van der Waals surface area contributed by atoms with Crippen LogP contribution < -0.4 is 0 Å². The van der Waals surface area contributed by atoms with Gasteiger partial charge in [0.15, 0.2) is 0 Å². The fourth-order valence-corrected chi connectivity index (χ4v) is 4.24. The molecule has 1 rings (SSSR count). The van der Waals surface area contributed by atoms with Crippen LogP contribution in [0.2, 0.25) is 0 Å². The number of aliphatic hydroxyl groups excluding tert-OH is 1. The van der Waals surface area contributed by atoms with Gasteiger partial charge >= 0.3 is 0 Å². The van der Waals surface area contributed by atoms with Crippen LogP contribution in [0.25, 0.3) is 0 Å². The molecule has 0 aliphatic heterocycles. The molecule has 0 spiro atoms. The van der Waals surface area contributed by atoms with Gasteiger partial charge in [0.2, 0.25) is 0 Å². The summed E-state index contributed by atoms with van der Waals surface area (Å²) < 4.78 is 23.1. The van der Waals surface area contributed by atoms with Crippen molar-refractivity contribution >= 4 is 21.6 Å². The molecule has 1 aliphatic rings. The van der Waals surface area contributed by atoms with Crippen LogP contribution in [0.1, 0.15) is 38.5 Å². The second kappa shape index (κ2) is 7.00. The molecule has 1 N–H and O–H groups in total. The van der Waals surface area contributed by atoms with Crippen molar-refractivity contribution < 1.29 is 13.5 Å². The van der Waals surface area contributed by atoms with Gasteiger partial charge in [-0.1, -0.05) is 6.42 Å². The molecule has 0 aromatic carbocycles. The fraction of sp³-hybridized carbons (Fsp3) is 1.00. The van der Waals surface area contributed by atoms with E-state index in [1.807, 2.05) is 0 Å². The van der Waals surface area contributed by atoms with E-state index < -0.39 is 9.84 Å². The van der Waals surface area contributed by atoms with Gasteiger partial charge in [-0.25, -0.2) is 8.42 Å². The van der Waals surface area contributed by atoms with Crippen molar-refractivity contribution in [1.29, 1.82) is 0 Å². The Balaban J connectivity index is 2.43. The zero-order valence-corrected chi connectivity index (χ0v) is 12.4. The van der Waals surface area contributed by atoms with Gasteiger partial charge < -0.3 is 5.11 Å². The molecule has 3 atom stereocenters. The topological polar surface area (TPSA) is 54.4 Å². The summed E-state index contributed by atoms with van der Waals surface area (Å²) in [7, 11) is -2.93. The maximum atomic E-state index is 11.5. The number of aliphatic hydroxyl groups is 1.